The zero-order valence-electron chi connectivity index (χ0n) is 12.1. The normalized spacial score (nSPS) is 10.4. The molecule has 0 atom stereocenters. The minimum absolute atomic E-state index is 0.0878. The molecular weight excluding hydrogens is 308 g/mol. The molecule has 1 amide bonds. The monoisotopic (exact) mass is 322 g/mol. The highest BCUT2D eigenvalue weighted by Gasteiger charge is 2.18. The Kier molecular flexibility index (Phi) is 4.25. The number of anilines is 1. The number of amides is 1. The third kappa shape index (κ3) is 3.32. The van der Waals surface area contributed by atoms with Gasteiger partial charge >= 0.3 is 0 Å². The number of aromatic nitrogens is 2. The molecule has 0 unspecified atom stereocenters. The number of nitrogen functional groups attached to an aromatic ring is 1. The summed E-state index contributed by atoms with van der Waals surface area (Å²) in [4.78, 5) is 21.4. The summed E-state index contributed by atoms with van der Waals surface area (Å²) in [7, 11) is 0. The molecule has 6 heteroatoms. The summed E-state index contributed by atoms with van der Waals surface area (Å²) in [5.41, 5.74) is 12.8. The number of rotatable bonds is 4. The van der Waals surface area contributed by atoms with E-state index in [9.17, 15) is 4.79 Å². The fourth-order valence-electron chi connectivity index (χ4n) is 2.14. The van der Waals surface area contributed by atoms with Gasteiger partial charge in [-0.3, -0.25) is 4.79 Å². The van der Waals surface area contributed by atoms with E-state index in [1.165, 1.54) is 11.8 Å². The SMILES string of the molecule is NC(=O)c1c(N)nc(Sc2ccccc2)nc1-c1ccccc1. The van der Waals surface area contributed by atoms with E-state index in [2.05, 4.69) is 9.97 Å². The van der Waals surface area contributed by atoms with Crippen molar-refractivity contribution in [3.8, 4) is 11.3 Å². The Hall–Kier alpha value is -2.86. The van der Waals surface area contributed by atoms with Gasteiger partial charge in [-0.2, -0.15) is 0 Å². The minimum Gasteiger partial charge on any atom is -0.383 e. The molecule has 0 aliphatic carbocycles. The number of nitrogens with two attached hydrogens (primary N) is 2. The van der Waals surface area contributed by atoms with Crippen LogP contribution in [0.3, 0.4) is 0 Å². The van der Waals surface area contributed by atoms with Gasteiger partial charge in [0.2, 0.25) is 0 Å². The van der Waals surface area contributed by atoms with E-state index in [1.54, 1.807) is 0 Å². The van der Waals surface area contributed by atoms with Crippen molar-refractivity contribution >= 4 is 23.5 Å². The first-order valence-corrected chi connectivity index (χ1v) is 7.72. The van der Waals surface area contributed by atoms with Gasteiger partial charge in [0.25, 0.3) is 5.91 Å². The lowest BCUT2D eigenvalue weighted by Gasteiger charge is -2.10. The third-order valence-electron chi connectivity index (χ3n) is 3.16. The zero-order valence-corrected chi connectivity index (χ0v) is 13.0. The van der Waals surface area contributed by atoms with Gasteiger partial charge in [-0.05, 0) is 23.9 Å². The van der Waals surface area contributed by atoms with Gasteiger partial charge in [0.1, 0.15) is 11.4 Å². The van der Waals surface area contributed by atoms with Crippen LogP contribution in [0.2, 0.25) is 0 Å². The lowest BCUT2D eigenvalue weighted by atomic mass is 10.1. The molecule has 0 saturated carbocycles. The average Bonchev–Trinajstić information content (AvgIpc) is 2.55. The van der Waals surface area contributed by atoms with Gasteiger partial charge < -0.3 is 11.5 Å². The Morgan fingerprint density at radius 3 is 2.13 bits per heavy atom. The summed E-state index contributed by atoms with van der Waals surface area (Å²) in [6.45, 7) is 0. The molecule has 0 saturated heterocycles. The lowest BCUT2D eigenvalue weighted by molar-refractivity contribution is 0.100. The standard InChI is InChI=1S/C17H14N4OS/c18-15-13(16(19)22)14(11-7-3-1-4-8-11)20-17(21-15)23-12-9-5-2-6-10-12/h1-10H,(H2,19,22)(H2,18,20,21). The second kappa shape index (κ2) is 6.50. The number of primary amides is 1. The van der Waals surface area contributed by atoms with Crippen molar-refractivity contribution in [1.82, 2.24) is 9.97 Å². The van der Waals surface area contributed by atoms with Crippen LogP contribution in [0.15, 0.2) is 70.7 Å². The van der Waals surface area contributed by atoms with E-state index < -0.39 is 5.91 Å². The molecule has 3 aromatic rings. The van der Waals surface area contributed by atoms with E-state index in [0.29, 0.717) is 10.9 Å². The van der Waals surface area contributed by atoms with Crippen LogP contribution in [0.1, 0.15) is 10.4 Å². The first-order chi connectivity index (χ1) is 11.1. The predicted molar refractivity (Wildman–Crippen MR) is 91.0 cm³/mol. The first-order valence-electron chi connectivity index (χ1n) is 6.91. The summed E-state index contributed by atoms with van der Waals surface area (Å²) in [5, 5.41) is 0.470. The molecule has 1 heterocycles. The van der Waals surface area contributed by atoms with E-state index in [0.717, 1.165) is 10.5 Å². The van der Waals surface area contributed by atoms with Crippen molar-refractivity contribution in [1.29, 1.82) is 0 Å². The average molecular weight is 322 g/mol. The molecule has 0 radical (unpaired) electrons. The topological polar surface area (TPSA) is 94.9 Å². The Balaban J connectivity index is 2.10. The van der Waals surface area contributed by atoms with Crippen LogP contribution in [0.4, 0.5) is 5.82 Å². The van der Waals surface area contributed by atoms with Crippen molar-refractivity contribution in [2.75, 3.05) is 5.73 Å². The largest absolute Gasteiger partial charge is 0.383 e. The quantitative estimate of drug-likeness (QED) is 0.720. The second-order valence-electron chi connectivity index (χ2n) is 4.76. The Labute approximate surface area is 137 Å². The maximum Gasteiger partial charge on any atom is 0.254 e. The highest BCUT2D eigenvalue weighted by Crippen LogP contribution is 2.30. The van der Waals surface area contributed by atoms with Crippen LogP contribution in [0, 0.1) is 0 Å². The number of benzene rings is 2. The molecule has 114 valence electrons. The fraction of sp³-hybridized carbons (Fsp3) is 0. The van der Waals surface area contributed by atoms with E-state index in [1.807, 2.05) is 60.7 Å². The molecule has 0 bridgehead atoms. The number of nitrogens with zero attached hydrogens (tertiary/aromatic N) is 2. The van der Waals surface area contributed by atoms with E-state index in [4.69, 9.17) is 11.5 Å². The minimum atomic E-state index is -0.641. The van der Waals surface area contributed by atoms with Gasteiger partial charge in [0.05, 0.1) is 5.69 Å². The van der Waals surface area contributed by atoms with Gasteiger partial charge in [0, 0.05) is 10.5 Å². The molecule has 0 fully saturated rings. The van der Waals surface area contributed by atoms with Crippen molar-refractivity contribution in [2.45, 2.75) is 10.1 Å². The molecule has 0 spiro atoms. The molecule has 1 aromatic heterocycles. The van der Waals surface area contributed by atoms with Crippen LogP contribution >= 0.6 is 11.8 Å². The molecular formula is C17H14N4OS. The number of carbonyl (C=O) groups is 1. The summed E-state index contributed by atoms with van der Waals surface area (Å²) >= 11 is 1.38. The van der Waals surface area contributed by atoms with Crippen molar-refractivity contribution in [3.05, 3.63) is 66.2 Å². The first kappa shape index (κ1) is 15.1. The smallest absolute Gasteiger partial charge is 0.254 e. The van der Waals surface area contributed by atoms with Crippen LogP contribution < -0.4 is 11.5 Å². The number of carbonyl (C=O) groups excluding carboxylic acids is 1. The van der Waals surface area contributed by atoms with Crippen LogP contribution in [0.25, 0.3) is 11.3 Å². The van der Waals surface area contributed by atoms with Gasteiger partial charge in [-0.15, -0.1) is 0 Å². The van der Waals surface area contributed by atoms with Crippen molar-refractivity contribution in [2.24, 2.45) is 5.73 Å². The van der Waals surface area contributed by atoms with Gasteiger partial charge in [0.15, 0.2) is 5.16 Å². The molecule has 0 aliphatic heterocycles. The Morgan fingerprint density at radius 2 is 1.52 bits per heavy atom. The van der Waals surface area contributed by atoms with Crippen molar-refractivity contribution in [3.63, 3.8) is 0 Å². The molecule has 4 N–H and O–H groups in total. The van der Waals surface area contributed by atoms with E-state index in [-0.39, 0.29) is 11.4 Å². The molecule has 0 aliphatic rings. The van der Waals surface area contributed by atoms with E-state index >= 15 is 0 Å². The molecule has 2 aromatic carbocycles. The summed E-state index contributed by atoms with van der Waals surface area (Å²) in [6, 6.07) is 19.0. The van der Waals surface area contributed by atoms with Crippen molar-refractivity contribution < 1.29 is 4.79 Å². The van der Waals surface area contributed by atoms with Crippen LogP contribution in [0.5, 0.6) is 0 Å². The Bertz CT molecular complexity index is 838. The fourth-order valence-corrected chi connectivity index (χ4v) is 2.93. The van der Waals surface area contributed by atoms with Crippen LogP contribution in [-0.4, -0.2) is 15.9 Å². The number of hydrogen-bond donors (Lipinski definition) is 2. The maximum atomic E-state index is 11.7. The van der Waals surface area contributed by atoms with Crippen LogP contribution in [-0.2, 0) is 0 Å². The highest BCUT2D eigenvalue weighted by atomic mass is 32.2. The highest BCUT2D eigenvalue weighted by molar-refractivity contribution is 7.99. The van der Waals surface area contributed by atoms with Gasteiger partial charge in [-0.25, -0.2) is 9.97 Å². The van der Waals surface area contributed by atoms with Gasteiger partial charge in [-0.1, -0.05) is 48.5 Å². The molecule has 5 nitrogen and oxygen atoms in total. The second-order valence-corrected chi connectivity index (χ2v) is 5.80. The summed E-state index contributed by atoms with van der Waals surface area (Å²) in [5.74, 6) is -0.553. The lowest BCUT2D eigenvalue weighted by Crippen LogP contribution is -2.17. The number of hydrogen-bond acceptors (Lipinski definition) is 5. The Morgan fingerprint density at radius 1 is 0.913 bits per heavy atom. The maximum absolute atomic E-state index is 11.7. The summed E-state index contributed by atoms with van der Waals surface area (Å²) in [6.07, 6.45) is 0. The molecule has 23 heavy (non-hydrogen) atoms. The third-order valence-corrected chi connectivity index (χ3v) is 4.04. The zero-order chi connectivity index (χ0) is 16.2. The predicted octanol–water partition coefficient (Wildman–Crippen LogP) is 2.98. The molecule has 3 rings (SSSR count). The summed E-state index contributed by atoms with van der Waals surface area (Å²) < 4.78 is 0.